The van der Waals surface area contributed by atoms with Crippen LogP contribution in [0.15, 0.2) is 54.6 Å². The van der Waals surface area contributed by atoms with Crippen molar-refractivity contribution in [3.05, 3.63) is 76.3 Å². The molecule has 0 radical (unpaired) electrons. The van der Waals surface area contributed by atoms with Gasteiger partial charge >= 0.3 is 5.97 Å². The minimum Gasteiger partial charge on any atom is -0.478 e. The first kappa shape index (κ1) is 15.7. The van der Waals surface area contributed by atoms with Crippen molar-refractivity contribution < 1.29 is 9.90 Å². The molecule has 0 saturated carbocycles. The van der Waals surface area contributed by atoms with E-state index in [4.69, 9.17) is 16.7 Å². The fourth-order valence-corrected chi connectivity index (χ4v) is 2.89. The Balaban J connectivity index is 1.89. The van der Waals surface area contributed by atoms with Crippen molar-refractivity contribution in [1.29, 1.82) is 0 Å². The van der Waals surface area contributed by atoms with Crippen LogP contribution in [0, 0.1) is 0 Å². The van der Waals surface area contributed by atoms with E-state index in [0.717, 1.165) is 28.2 Å². The molecule has 0 fully saturated rings. The summed E-state index contributed by atoms with van der Waals surface area (Å²) in [6, 6.07) is 15.8. The molecule has 0 aliphatic carbocycles. The first-order valence-corrected chi connectivity index (χ1v) is 7.99. The van der Waals surface area contributed by atoms with Crippen LogP contribution in [0.1, 0.15) is 16.7 Å². The summed E-state index contributed by atoms with van der Waals surface area (Å²) in [6.07, 6.45) is 2.76. The number of rotatable bonds is 6. The van der Waals surface area contributed by atoms with Crippen molar-refractivity contribution in [3.63, 3.8) is 0 Å². The molecule has 2 nitrogen and oxygen atoms in total. The molecule has 2 rings (SSSR count). The van der Waals surface area contributed by atoms with Gasteiger partial charge in [0, 0.05) is 22.6 Å². The molecule has 0 aromatic heterocycles. The molecule has 0 spiro atoms. The Morgan fingerprint density at radius 1 is 1.10 bits per heavy atom. The van der Waals surface area contributed by atoms with Crippen LogP contribution >= 0.6 is 23.4 Å². The van der Waals surface area contributed by atoms with E-state index >= 15 is 0 Å². The second-order valence-corrected chi connectivity index (χ2v) is 5.96. The van der Waals surface area contributed by atoms with Gasteiger partial charge < -0.3 is 5.11 Å². The van der Waals surface area contributed by atoms with Crippen molar-refractivity contribution in [2.75, 3.05) is 0 Å². The summed E-state index contributed by atoms with van der Waals surface area (Å²) < 4.78 is 0. The van der Waals surface area contributed by atoms with E-state index in [1.165, 1.54) is 11.1 Å². The van der Waals surface area contributed by atoms with Crippen LogP contribution in [0.4, 0.5) is 0 Å². The number of carboxylic acid groups (broad SMARTS) is 1. The van der Waals surface area contributed by atoms with E-state index in [2.05, 4.69) is 0 Å². The third-order valence-electron chi connectivity index (χ3n) is 2.82. The number of benzene rings is 2. The van der Waals surface area contributed by atoms with Crippen LogP contribution in [-0.4, -0.2) is 11.1 Å². The van der Waals surface area contributed by atoms with Crippen molar-refractivity contribution in [2.45, 2.75) is 11.5 Å². The number of halogens is 1. The second kappa shape index (κ2) is 7.91. The summed E-state index contributed by atoms with van der Waals surface area (Å²) in [5.74, 6) is 0.876. The Morgan fingerprint density at radius 3 is 2.52 bits per heavy atom. The van der Waals surface area contributed by atoms with Crippen LogP contribution in [0.5, 0.6) is 0 Å². The summed E-state index contributed by atoms with van der Waals surface area (Å²) in [5, 5.41) is 9.38. The van der Waals surface area contributed by atoms with E-state index in [9.17, 15) is 4.79 Å². The summed E-state index contributed by atoms with van der Waals surface area (Å²) >= 11 is 7.67. The van der Waals surface area contributed by atoms with Gasteiger partial charge in [-0.3, -0.25) is 0 Å². The van der Waals surface area contributed by atoms with Crippen molar-refractivity contribution in [2.24, 2.45) is 0 Å². The SMILES string of the molecule is O=C(O)/C=C/c1cccc(CSCc2ccc(Cl)cc2)c1. The first-order chi connectivity index (χ1) is 10.1. The Morgan fingerprint density at radius 2 is 1.81 bits per heavy atom. The topological polar surface area (TPSA) is 37.3 Å². The molecule has 2 aromatic carbocycles. The number of hydrogen-bond acceptors (Lipinski definition) is 2. The average Bonchev–Trinajstić information content (AvgIpc) is 2.48. The fraction of sp³-hybridized carbons (Fsp3) is 0.118. The first-order valence-electron chi connectivity index (χ1n) is 6.45. The van der Waals surface area contributed by atoms with Gasteiger partial charge in [0.05, 0.1) is 0 Å². The highest BCUT2D eigenvalue weighted by Crippen LogP contribution is 2.20. The summed E-state index contributed by atoms with van der Waals surface area (Å²) in [5.41, 5.74) is 3.33. The molecule has 0 atom stereocenters. The van der Waals surface area contributed by atoms with Gasteiger partial charge in [0.15, 0.2) is 0 Å². The number of aliphatic carboxylic acids is 1. The zero-order valence-corrected chi connectivity index (χ0v) is 12.9. The van der Waals surface area contributed by atoms with E-state index in [1.54, 1.807) is 6.08 Å². The van der Waals surface area contributed by atoms with Gasteiger partial charge in [-0.2, -0.15) is 11.8 Å². The zero-order chi connectivity index (χ0) is 15.1. The van der Waals surface area contributed by atoms with Gasteiger partial charge in [-0.15, -0.1) is 0 Å². The zero-order valence-electron chi connectivity index (χ0n) is 11.3. The summed E-state index contributed by atoms with van der Waals surface area (Å²) in [6.45, 7) is 0. The predicted octanol–water partition coefficient (Wildman–Crippen LogP) is 4.87. The van der Waals surface area contributed by atoms with Gasteiger partial charge in [-0.25, -0.2) is 4.79 Å². The van der Waals surface area contributed by atoms with Crippen LogP contribution in [0.3, 0.4) is 0 Å². The highest BCUT2D eigenvalue weighted by atomic mass is 35.5. The molecule has 0 bridgehead atoms. The number of carbonyl (C=O) groups is 1. The highest BCUT2D eigenvalue weighted by Gasteiger charge is 1.98. The maximum atomic E-state index is 10.5. The lowest BCUT2D eigenvalue weighted by Gasteiger charge is -2.04. The normalized spacial score (nSPS) is 10.9. The molecular weight excluding hydrogens is 304 g/mol. The molecule has 0 saturated heterocycles. The van der Waals surface area contributed by atoms with Gasteiger partial charge in [-0.1, -0.05) is 48.0 Å². The van der Waals surface area contributed by atoms with Gasteiger partial charge in [0.2, 0.25) is 0 Å². The fourth-order valence-electron chi connectivity index (χ4n) is 1.82. The van der Waals surface area contributed by atoms with Crippen molar-refractivity contribution in [3.8, 4) is 0 Å². The van der Waals surface area contributed by atoms with Crippen molar-refractivity contribution in [1.82, 2.24) is 0 Å². The van der Waals surface area contributed by atoms with Gasteiger partial charge in [0.25, 0.3) is 0 Å². The van der Waals surface area contributed by atoms with Gasteiger partial charge in [-0.05, 0) is 34.9 Å². The Kier molecular flexibility index (Phi) is 5.90. The minimum absolute atomic E-state index is 0.752. The summed E-state index contributed by atoms with van der Waals surface area (Å²) in [4.78, 5) is 10.5. The maximum absolute atomic E-state index is 10.5. The Bertz CT molecular complexity index is 635. The van der Waals surface area contributed by atoms with Crippen LogP contribution in [-0.2, 0) is 16.3 Å². The third-order valence-corrected chi connectivity index (χ3v) is 4.15. The lowest BCUT2D eigenvalue weighted by atomic mass is 10.1. The molecule has 21 heavy (non-hydrogen) atoms. The molecule has 0 amide bonds. The molecule has 4 heteroatoms. The molecule has 108 valence electrons. The molecule has 0 heterocycles. The molecule has 1 N–H and O–H groups in total. The lowest BCUT2D eigenvalue weighted by Crippen LogP contribution is -1.87. The number of hydrogen-bond donors (Lipinski definition) is 1. The monoisotopic (exact) mass is 318 g/mol. The van der Waals surface area contributed by atoms with E-state index < -0.39 is 5.97 Å². The third kappa shape index (κ3) is 5.66. The smallest absolute Gasteiger partial charge is 0.328 e. The molecular formula is C17H15ClO2S. The molecule has 0 aliphatic rings. The average molecular weight is 319 g/mol. The standard InChI is InChI=1S/C17H15ClO2S/c18-16-7-4-14(5-8-16)11-21-12-15-3-1-2-13(10-15)6-9-17(19)20/h1-10H,11-12H2,(H,19,20)/b9-6+. The van der Waals surface area contributed by atoms with Crippen molar-refractivity contribution >= 4 is 35.4 Å². The van der Waals surface area contributed by atoms with E-state index in [0.29, 0.717) is 0 Å². The Labute approximate surface area is 133 Å². The second-order valence-electron chi connectivity index (χ2n) is 4.54. The van der Waals surface area contributed by atoms with Gasteiger partial charge in [0.1, 0.15) is 0 Å². The largest absolute Gasteiger partial charge is 0.478 e. The molecule has 0 aliphatic heterocycles. The highest BCUT2D eigenvalue weighted by molar-refractivity contribution is 7.97. The van der Waals surface area contributed by atoms with Crippen LogP contribution in [0.25, 0.3) is 6.08 Å². The minimum atomic E-state index is -0.933. The quantitative estimate of drug-likeness (QED) is 0.772. The molecule has 0 unspecified atom stereocenters. The summed E-state index contributed by atoms with van der Waals surface area (Å²) in [7, 11) is 0. The number of thioether (sulfide) groups is 1. The van der Waals surface area contributed by atoms with Crippen LogP contribution < -0.4 is 0 Å². The van der Waals surface area contributed by atoms with E-state index in [-0.39, 0.29) is 0 Å². The molecule has 2 aromatic rings. The maximum Gasteiger partial charge on any atom is 0.328 e. The predicted molar refractivity (Wildman–Crippen MR) is 89.6 cm³/mol. The Hall–Kier alpha value is -1.71. The van der Waals surface area contributed by atoms with E-state index in [1.807, 2.05) is 60.3 Å². The number of carboxylic acids is 1. The lowest BCUT2D eigenvalue weighted by molar-refractivity contribution is -0.131. The van der Waals surface area contributed by atoms with Crippen LogP contribution in [0.2, 0.25) is 5.02 Å².